The van der Waals surface area contributed by atoms with Crippen molar-refractivity contribution >= 4 is 35.2 Å². The molecule has 196 valence electrons. The molecule has 2 heterocycles. The fourth-order valence-electron chi connectivity index (χ4n) is 4.25. The second kappa shape index (κ2) is 11.0. The molecule has 0 radical (unpaired) electrons. The van der Waals surface area contributed by atoms with Crippen molar-refractivity contribution in [1.82, 2.24) is 30.8 Å². The van der Waals surface area contributed by atoms with Crippen molar-refractivity contribution in [2.24, 2.45) is 11.3 Å². The first-order chi connectivity index (χ1) is 17.5. The summed E-state index contributed by atoms with van der Waals surface area (Å²) in [5.41, 5.74) is 1.50. The maximum Gasteiger partial charge on any atom is 0.407 e. The summed E-state index contributed by atoms with van der Waals surface area (Å²) in [6.45, 7) is 6.54. The topological polar surface area (TPSA) is 133 Å². The van der Waals surface area contributed by atoms with E-state index in [1.807, 2.05) is 26.8 Å². The van der Waals surface area contributed by atoms with Crippen LogP contribution < -0.4 is 5.32 Å². The Kier molecular flexibility index (Phi) is 8.01. The van der Waals surface area contributed by atoms with Gasteiger partial charge < -0.3 is 20.1 Å². The molecule has 0 bridgehead atoms. The maximum atomic E-state index is 13.1. The molecule has 1 aliphatic heterocycles. The highest BCUT2D eigenvalue weighted by molar-refractivity contribution is 6.42. The van der Waals surface area contributed by atoms with Crippen LogP contribution >= 0.6 is 23.2 Å². The molecule has 3 N–H and O–H groups in total. The number of aromatic amines is 1. The lowest BCUT2D eigenvalue weighted by atomic mass is 9.88. The monoisotopic (exact) mass is 546 g/mol. The van der Waals surface area contributed by atoms with E-state index in [0.29, 0.717) is 27.0 Å². The van der Waals surface area contributed by atoms with E-state index in [1.54, 1.807) is 36.4 Å². The van der Waals surface area contributed by atoms with E-state index in [1.165, 1.54) is 4.90 Å². The van der Waals surface area contributed by atoms with Gasteiger partial charge in [0.05, 0.1) is 28.8 Å². The Morgan fingerprint density at radius 3 is 2.59 bits per heavy atom. The van der Waals surface area contributed by atoms with Gasteiger partial charge in [0.2, 0.25) is 0 Å². The molecule has 1 aromatic heterocycles. The highest BCUT2D eigenvalue weighted by Gasteiger charge is 2.40. The molecule has 1 fully saturated rings. The first-order valence-electron chi connectivity index (χ1n) is 11.7. The van der Waals surface area contributed by atoms with E-state index >= 15 is 0 Å². The van der Waals surface area contributed by atoms with Crippen molar-refractivity contribution in [3.05, 3.63) is 63.6 Å². The number of halogens is 2. The molecule has 1 unspecified atom stereocenters. The lowest BCUT2D eigenvalue weighted by Gasteiger charge is -2.34. The van der Waals surface area contributed by atoms with Crippen LogP contribution in [0.25, 0.3) is 11.4 Å². The zero-order valence-electron chi connectivity index (χ0n) is 20.6. The van der Waals surface area contributed by atoms with Gasteiger partial charge in [-0.1, -0.05) is 62.2 Å². The first-order valence-corrected chi connectivity index (χ1v) is 12.5. The molecule has 3 atom stereocenters. The molecule has 0 spiro atoms. The number of carbonyl (C=O) groups excluding carboxylic acids is 1. The van der Waals surface area contributed by atoms with Gasteiger partial charge in [-0.15, -0.1) is 5.10 Å². The molecule has 12 heteroatoms. The molecule has 2 aromatic carbocycles. The second-order valence-electron chi connectivity index (χ2n) is 10.1. The van der Waals surface area contributed by atoms with Crippen LogP contribution in [0.15, 0.2) is 42.5 Å². The van der Waals surface area contributed by atoms with Crippen LogP contribution in [-0.2, 0) is 4.74 Å². The van der Waals surface area contributed by atoms with Crippen LogP contribution in [0.2, 0.25) is 10.0 Å². The number of carboxylic acid groups (broad SMARTS) is 1. The van der Waals surface area contributed by atoms with Gasteiger partial charge >= 0.3 is 6.09 Å². The minimum absolute atomic E-state index is 0.164. The summed E-state index contributed by atoms with van der Waals surface area (Å²) in [4.78, 5) is 26.5. The van der Waals surface area contributed by atoms with Gasteiger partial charge in [0.1, 0.15) is 0 Å². The number of tetrazole rings is 1. The molecule has 4 rings (SSSR count). The second-order valence-corrected chi connectivity index (χ2v) is 10.9. The minimum atomic E-state index is -1.04. The van der Waals surface area contributed by atoms with Crippen molar-refractivity contribution in [2.45, 2.75) is 33.0 Å². The molecule has 2 amide bonds. The van der Waals surface area contributed by atoms with E-state index < -0.39 is 24.2 Å². The third kappa shape index (κ3) is 6.38. The van der Waals surface area contributed by atoms with Gasteiger partial charge in [0, 0.05) is 30.1 Å². The van der Waals surface area contributed by atoms with Crippen LogP contribution in [0.5, 0.6) is 0 Å². The molecule has 10 nitrogen and oxygen atoms in total. The number of rotatable bonds is 5. The Morgan fingerprint density at radius 1 is 1.16 bits per heavy atom. The Balaban J connectivity index is 1.61. The molecule has 1 saturated heterocycles. The lowest BCUT2D eigenvalue weighted by molar-refractivity contribution is -0.0763. The van der Waals surface area contributed by atoms with Gasteiger partial charge in [0.15, 0.2) is 5.82 Å². The standard InChI is InChI=1S/C25H28Cl2N6O4/c1-25(2,3)20-13-33(24(35)36)12-17(21(37-20)14-7-8-18(26)19(27)10-14)11-28-23(34)16-6-4-5-15(9-16)22-29-31-32-30-22/h4-10,17,20-21H,11-13H2,1-3H3,(H,28,34)(H,35,36)(H,29,30,31,32)/t17-,20?,21+/m1/s1. The fraction of sp³-hybridized carbons (Fsp3) is 0.400. The quantitative estimate of drug-likeness (QED) is 0.422. The average molecular weight is 547 g/mol. The summed E-state index contributed by atoms with van der Waals surface area (Å²) in [7, 11) is 0. The number of aromatic nitrogens is 4. The lowest BCUT2D eigenvalue weighted by Crippen LogP contribution is -2.42. The number of hydrogen-bond donors (Lipinski definition) is 3. The zero-order valence-corrected chi connectivity index (χ0v) is 22.1. The van der Waals surface area contributed by atoms with Crippen LogP contribution in [-0.4, -0.2) is 68.4 Å². The molecule has 0 saturated carbocycles. The third-order valence-corrected chi connectivity index (χ3v) is 7.10. The Morgan fingerprint density at radius 2 is 1.95 bits per heavy atom. The maximum absolute atomic E-state index is 13.1. The van der Waals surface area contributed by atoms with E-state index in [2.05, 4.69) is 25.9 Å². The van der Waals surface area contributed by atoms with Crippen molar-refractivity contribution in [3.63, 3.8) is 0 Å². The van der Waals surface area contributed by atoms with Crippen molar-refractivity contribution in [1.29, 1.82) is 0 Å². The van der Waals surface area contributed by atoms with E-state index in [9.17, 15) is 14.7 Å². The normalized spacial score (nSPS) is 20.4. The predicted molar refractivity (Wildman–Crippen MR) is 139 cm³/mol. The number of hydrogen-bond acceptors (Lipinski definition) is 6. The van der Waals surface area contributed by atoms with Gasteiger partial charge in [-0.25, -0.2) is 9.89 Å². The van der Waals surface area contributed by atoms with Crippen molar-refractivity contribution in [3.8, 4) is 11.4 Å². The van der Waals surface area contributed by atoms with Gasteiger partial charge in [-0.3, -0.25) is 4.79 Å². The minimum Gasteiger partial charge on any atom is -0.465 e. The molecule has 37 heavy (non-hydrogen) atoms. The van der Waals surface area contributed by atoms with Crippen LogP contribution in [0.4, 0.5) is 4.79 Å². The molecule has 0 aliphatic carbocycles. The summed E-state index contributed by atoms with van der Waals surface area (Å²) >= 11 is 12.5. The molecule has 1 aliphatic rings. The van der Waals surface area contributed by atoms with Crippen LogP contribution in [0.3, 0.4) is 0 Å². The largest absolute Gasteiger partial charge is 0.465 e. The predicted octanol–water partition coefficient (Wildman–Crippen LogP) is 4.69. The number of benzene rings is 2. The SMILES string of the molecule is CC(C)(C)C1CN(C(=O)O)C[C@@H](CNC(=O)c2cccc(-c3nnn[nH]3)c2)[C@H](c2ccc(Cl)c(Cl)c2)O1. The van der Waals surface area contributed by atoms with Gasteiger partial charge in [-0.05, 0) is 45.7 Å². The molecular weight excluding hydrogens is 519 g/mol. The summed E-state index contributed by atoms with van der Waals surface area (Å²) in [5.74, 6) is -0.274. The van der Waals surface area contributed by atoms with E-state index in [0.717, 1.165) is 5.56 Å². The number of ether oxygens (including phenoxy) is 1. The van der Waals surface area contributed by atoms with E-state index in [4.69, 9.17) is 27.9 Å². The summed E-state index contributed by atoms with van der Waals surface area (Å²) in [5, 5.41) is 27.3. The Hall–Kier alpha value is -3.21. The zero-order chi connectivity index (χ0) is 26.7. The highest BCUT2D eigenvalue weighted by atomic mass is 35.5. The number of nitrogens with zero attached hydrogens (tertiary/aromatic N) is 4. The number of amides is 2. The summed E-state index contributed by atoms with van der Waals surface area (Å²) in [6, 6.07) is 12.1. The number of carbonyl (C=O) groups is 2. The van der Waals surface area contributed by atoms with Crippen molar-refractivity contribution < 1.29 is 19.4 Å². The smallest absolute Gasteiger partial charge is 0.407 e. The fourth-order valence-corrected chi connectivity index (χ4v) is 4.55. The molecule has 3 aromatic rings. The van der Waals surface area contributed by atoms with Crippen LogP contribution in [0.1, 0.15) is 42.8 Å². The number of H-pyrrole nitrogens is 1. The highest BCUT2D eigenvalue weighted by Crippen LogP contribution is 2.38. The number of nitrogens with one attached hydrogen (secondary N) is 2. The average Bonchev–Trinajstić information content (AvgIpc) is 3.31. The first kappa shape index (κ1) is 26.8. The van der Waals surface area contributed by atoms with Crippen LogP contribution in [0, 0.1) is 11.3 Å². The summed E-state index contributed by atoms with van der Waals surface area (Å²) < 4.78 is 6.57. The molecular formula is C25H28Cl2N6O4. The van der Waals surface area contributed by atoms with Crippen molar-refractivity contribution in [2.75, 3.05) is 19.6 Å². The Bertz CT molecular complexity index is 1260. The van der Waals surface area contributed by atoms with Gasteiger partial charge in [-0.2, -0.15) is 0 Å². The van der Waals surface area contributed by atoms with Gasteiger partial charge in [0.25, 0.3) is 5.91 Å². The summed E-state index contributed by atoms with van der Waals surface area (Å²) in [6.07, 6.45) is -1.97. The third-order valence-electron chi connectivity index (χ3n) is 6.36. The van der Waals surface area contributed by atoms with E-state index in [-0.39, 0.29) is 31.0 Å². The Labute approximate surface area is 224 Å².